The van der Waals surface area contributed by atoms with Gasteiger partial charge < -0.3 is 4.74 Å². The Morgan fingerprint density at radius 1 is 1.42 bits per heavy atom. The molecule has 0 bridgehead atoms. The Labute approximate surface area is 75.3 Å². The maximum Gasteiger partial charge on any atom is 0.309 e. The quantitative estimate of drug-likeness (QED) is 0.609. The molecule has 0 rings (SSSR count). The molecule has 2 heteroatoms. The Balaban J connectivity index is 4.17. The molecule has 0 heterocycles. The van der Waals surface area contributed by atoms with Crippen LogP contribution in [0.4, 0.5) is 0 Å². The summed E-state index contributed by atoms with van der Waals surface area (Å²) >= 11 is 0. The topological polar surface area (TPSA) is 26.3 Å². The summed E-state index contributed by atoms with van der Waals surface area (Å²) in [5.74, 6) is -0.0909. The molecule has 0 saturated heterocycles. The maximum atomic E-state index is 11.3. The molecule has 0 N–H and O–H groups in total. The van der Waals surface area contributed by atoms with E-state index in [2.05, 4.69) is 20.8 Å². The third-order valence-corrected chi connectivity index (χ3v) is 2.72. The summed E-state index contributed by atoms with van der Waals surface area (Å²) in [6.45, 7) is 10.5. The van der Waals surface area contributed by atoms with Gasteiger partial charge in [0.2, 0.25) is 0 Å². The molecule has 0 aliphatic rings. The molecule has 12 heavy (non-hydrogen) atoms. The van der Waals surface area contributed by atoms with Crippen molar-refractivity contribution in [2.24, 2.45) is 11.3 Å². The van der Waals surface area contributed by atoms with Crippen LogP contribution >= 0.6 is 0 Å². The van der Waals surface area contributed by atoms with Crippen LogP contribution in [0, 0.1) is 11.3 Å². The van der Waals surface area contributed by atoms with Crippen LogP contribution < -0.4 is 0 Å². The van der Waals surface area contributed by atoms with Gasteiger partial charge in [0.25, 0.3) is 0 Å². The Morgan fingerprint density at radius 2 is 1.92 bits per heavy atom. The predicted molar refractivity (Wildman–Crippen MR) is 49.9 cm³/mol. The van der Waals surface area contributed by atoms with Crippen LogP contribution in [-0.2, 0) is 9.53 Å². The van der Waals surface area contributed by atoms with Gasteiger partial charge >= 0.3 is 5.97 Å². The van der Waals surface area contributed by atoms with Gasteiger partial charge in [-0.1, -0.05) is 34.1 Å². The monoisotopic (exact) mass is 172 g/mol. The van der Waals surface area contributed by atoms with Gasteiger partial charge in [-0.2, -0.15) is 0 Å². The molecule has 0 fully saturated rings. The highest BCUT2D eigenvalue weighted by Crippen LogP contribution is 2.30. The van der Waals surface area contributed by atoms with Crippen LogP contribution in [-0.4, -0.2) is 12.6 Å². The molecular weight excluding hydrogens is 152 g/mol. The lowest BCUT2D eigenvalue weighted by Crippen LogP contribution is -2.29. The number of hydrogen-bond donors (Lipinski definition) is 0. The zero-order chi connectivity index (χ0) is 9.78. The molecule has 0 radical (unpaired) electrons. The zero-order valence-electron chi connectivity index (χ0n) is 8.81. The molecular formula is C10H20O2. The van der Waals surface area contributed by atoms with Crippen molar-refractivity contribution < 1.29 is 9.53 Å². The lowest BCUT2D eigenvalue weighted by Gasteiger charge is -2.28. The fourth-order valence-electron chi connectivity index (χ4n) is 0.892. The highest BCUT2D eigenvalue weighted by atomic mass is 16.5. The molecule has 0 amide bonds. The van der Waals surface area contributed by atoms with Gasteiger partial charge in [-0.25, -0.2) is 0 Å². The van der Waals surface area contributed by atoms with Crippen LogP contribution in [0.3, 0.4) is 0 Å². The summed E-state index contributed by atoms with van der Waals surface area (Å²) in [4.78, 5) is 11.3. The summed E-state index contributed by atoms with van der Waals surface area (Å²) in [5, 5.41) is 0. The van der Waals surface area contributed by atoms with E-state index >= 15 is 0 Å². The molecule has 0 aromatic carbocycles. The van der Waals surface area contributed by atoms with Gasteiger partial charge in [0, 0.05) is 0 Å². The fraction of sp³-hybridized carbons (Fsp3) is 0.900. The van der Waals surface area contributed by atoms with Gasteiger partial charge in [-0.15, -0.1) is 0 Å². The van der Waals surface area contributed by atoms with Crippen LogP contribution in [0.1, 0.15) is 41.0 Å². The smallest absolute Gasteiger partial charge is 0.309 e. The molecule has 0 aromatic rings. The van der Waals surface area contributed by atoms with E-state index in [1.807, 2.05) is 13.8 Å². The average Bonchev–Trinajstić information content (AvgIpc) is 2.03. The average molecular weight is 172 g/mol. The summed E-state index contributed by atoms with van der Waals surface area (Å²) in [6, 6.07) is 0. The highest BCUT2D eigenvalue weighted by Gasteiger charge is 2.30. The van der Waals surface area contributed by atoms with Crippen molar-refractivity contribution in [1.29, 1.82) is 0 Å². The van der Waals surface area contributed by atoms with Crippen LogP contribution in [0.25, 0.3) is 0 Å². The van der Waals surface area contributed by atoms with E-state index in [0.29, 0.717) is 6.61 Å². The molecule has 2 nitrogen and oxygen atoms in total. The Morgan fingerprint density at radius 3 is 2.25 bits per heavy atom. The second-order valence-electron chi connectivity index (χ2n) is 3.82. The first-order chi connectivity index (χ1) is 5.45. The minimum Gasteiger partial charge on any atom is -0.466 e. The third kappa shape index (κ3) is 2.84. The van der Waals surface area contributed by atoms with E-state index in [0.717, 1.165) is 6.42 Å². The standard InChI is InChI=1S/C10H20O2/c1-6-10(4,5)8(3)9(11)12-7-2/h8H,6-7H2,1-5H3. The van der Waals surface area contributed by atoms with E-state index in [1.165, 1.54) is 0 Å². The molecule has 1 atom stereocenters. The minimum atomic E-state index is -0.0793. The van der Waals surface area contributed by atoms with Crippen molar-refractivity contribution >= 4 is 5.97 Å². The molecule has 72 valence electrons. The Kier molecular flexibility index (Phi) is 4.29. The minimum absolute atomic E-state index is 0.0116. The van der Waals surface area contributed by atoms with Crippen LogP contribution in [0.15, 0.2) is 0 Å². The summed E-state index contributed by atoms with van der Waals surface area (Å²) in [5.41, 5.74) is 0.0479. The number of carbonyl (C=O) groups is 1. The summed E-state index contributed by atoms with van der Waals surface area (Å²) in [6.07, 6.45) is 0.993. The number of hydrogen-bond acceptors (Lipinski definition) is 2. The van der Waals surface area contributed by atoms with Crippen molar-refractivity contribution in [1.82, 2.24) is 0 Å². The maximum absolute atomic E-state index is 11.3. The van der Waals surface area contributed by atoms with Gasteiger partial charge in [0.1, 0.15) is 0 Å². The molecule has 0 aromatic heterocycles. The number of esters is 1. The van der Waals surface area contributed by atoms with E-state index in [4.69, 9.17) is 4.74 Å². The largest absolute Gasteiger partial charge is 0.466 e. The van der Waals surface area contributed by atoms with Crippen LogP contribution in [0.2, 0.25) is 0 Å². The van der Waals surface area contributed by atoms with E-state index in [1.54, 1.807) is 0 Å². The number of ether oxygens (including phenoxy) is 1. The SMILES string of the molecule is CCOC(=O)C(C)C(C)(C)CC. The van der Waals surface area contributed by atoms with Crippen molar-refractivity contribution in [2.75, 3.05) is 6.61 Å². The summed E-state index contributed by atoms with van der Waals surface area (Å²) < 4.78 is 4.95. The van der Waals surface area contributed by atoms with Gasteiger partial charge in [0.15, 0.2) is 0 Å². The number of rotatable bonds is 4. The van der Waals surface area contributed by atoms with E-state index in [9.17, 15) is 4.79 Å². The van der Waals surface area contributed by atoms with Gasteiger partial charge in [0.05, 0.1) is 12.5 Å². The normalized spacial score (nSPS) is 14.1. The van der Waals surface area contributed by atoms with Crippen molar-refractivity contribution in [2.45, 2.75) is 41.0 Å². The zero-order valence-corrected chi connectivity index (χ0v) is 8.81. The van der Waals surface area contributed by atoms with E-state index in [-0.39, 0.29) is 17.3 Å². The lowest BCUT2D eigenvalue weighted by atomic mass is 9.78. The van der Waals surface area contributed by atoms with Crippen molar-refractivity contribution in [3.8, 4) is 0 Å². The molecule has 0 spiro atoms. The summed E-state index contributed by atoms with van der Waals surface area (Å²) in [7, 11) is 0. The van der Waals surface area contributed by atoms with Crippen molar-refractivity contribution in [3.63, 3.8) is 0 Å². The molecule has 1 unspecified atom stereocenters. The fourth-order valence-corrected chi connectivity index (χ4v) is 0.892. The Bertz CT molecular complexity index is 150. The van der Waals surface area contributed by atoms with Gasteiger partial charge in [-0.05, 0) is 12.3 Å². The first-order valence-corrected chi connectivity index (χ1v) is 4.62. The second-order valence-corrected chi connectivity index (χ2v) is 3.82. The highest BCUT2D eigenvalue weighted by molar-refractivity contribution is 5.72. The van der Waals surface area contributed by atoms with Crippen LogP contribution in [0.5, 0.6) is 0 Å². The Hall–Kier alpha value is -0.530. The van der Waals surface area contributed by atoms with Crippen molar-refractivity contribution in [3.05, 3.63) is 0 Å². The molecule has 0 aliphatic heterocycles. The first kappa shape index (κ1) is 11.5. The van der Waals surface area contributed by atoms with Gasteiger partial charge in [-0.3, -0.25) is 4.79 Å². The first-order valence-electron chi connectivity index (χ1n) is 4.62. The second kappa shape index (κ2) is 4.48. The molecule has 0 saturated carbocycles. The third-order valence-electron chi connectivity index (χ3n) is 2.72. The lowest BCUT2D eigenvalue weighted by molar-refractivity contribution is -0.151. The number of carbonyl (C=O) groups excluding carboxylic acids is 1. The molecule has 0 aliphatic carbocycles. The van der Waals surface area contributed by atoms with E-state index < -0.39 is 0 Å². The predicted octanol–water partition coefficient (Wildman–Crippen LogP) is 2.62.